The van der Waals surface area contributed by atoms with Crippen LogP contribution in [0.5, 0.6) is 17.2 Å². The van der Waals surface area contributed by atoms with E-state index in [1.807, 2.05) is 0 Å². The first-order chi connectivity index (χ1) is 11.4. The van der Waals surface area contributed by atoms with E-state index in [1.54, 1.807) is 18.2 Å². The van der Waals surface area contributed by atoms with Gasteiger partial charge in [0.25, 0.3) is 10.1 Å². The summed E-state index contributed by atoms with van der Waals surface area (Å²) in [7, 11) is -4.29. The largest absolute Gasteiger partial charge is 1.00 e. The third-order valence-electron chi connectivity index (χ3n) is 3.68. The van der Waals surface area contributed by atoms with Crippen molar-refractivity contribution in [3.05, 3.63) is 48.0 Å². The van der Waals surface area contributed by atoms with Gasteiger partial charge in [0.15, 0.2) is 0 Å². The van der Waals surface area contributed by atoms with Crippen LogP contribution in [0.25, 0.3) is 0 Å². The van der Waals surface area contributed by atoms with Gasteiger partial charge in [0.2, 0.25) is 0 Å². The molecule has 0 heterocycles. The molecule has 2 aromatic carbocycles. The van der Waals surface area contributed by atoms with E-state index in [9.17, 15) is 13.5 Å². The zero-order valence-electron chi connectivity index (χ0n) is 14.6. The molecule has 7 heteroatoms. The van der Waals surface area contributed by atoms with Crippen LogP contribution in [-0.2, 0) is 16.5 Å². The van der Waals surface area contributed by atoms with Crippen LogP contribution >= 0.6 is 0 Å². The molecule has 0 amide bonds. The second-order valence-electron chi connectivity index (χ2n) is 5.63. The first-order valence-electron chi connectivity index (χ1n) is 7.95. The minimum Gasteiger partial charge on any atom is -0.872 e. The van der Waals surface area contributed by atoms with Crippen molar-refractivity contribution in [1.29, 1.82) is 0 Å². The average molecular weight is 372 g/mol. The van der Waals surface area contributed by atoms with Crippen molar-refractivity contribution in [1.82, 2.24) is 0 Å². The fraction of sp³-hybridized carbons (Fsp3) is 0.333. The van der Waals surface area contributed by atoms with E-state index in [4.69, 9.17) is 9.29 Å². The van der Waals surface area contributed by atoms with Crippen molar-refractivity contribution in [2.45, 2.75) is 43.9 Å². The van der Waals surface area contributed by atoms with Crippen molar-refractivity contribution >= 4 is 10.1 Å². The van der Waals surface area contributed by atoms with Gasteiger partial charge < -0.3 is 9.84 Å². The van der Waals surface area contributed by atoms with Crippen molar-refractivity contribution in [2.75, 3.05) is 0 Å². The Bertz CT molecular complexity index is 790. The Kier molecular flexibility index (Phi) is 8.96. The zero-order valence-corrected chi connectivity index (χ0v) is 17.4. The average Bonchev–Trinajstić information content (AvgIpc) is 2.53. The molecular formula is C18H21NaO5S. The van der Waals surface area contributed by atoms with E-state index in [0.717, 1.165) is 31.2 Å². The minimum absolute atomic E-state index is 0. The Morgan fingerprint density at radius 3 is 2.40 bits per heavy atom. The molecule has 0 radical (unpaired) electrons. The molecule has 130 valence electrons. The summed E-state index contributed by atoms with van der Waals surface area (Å²) >= 11 is 0. The van der Waals surface area contributed by atoms with Crippen LogP contribution in [0.15, 0.2) is 47.4 Å². The number of unbranched alkanes of at least 4 members (excludes halogenated alkanes) is 3. The summed E-state index contributed by atoms with van der Waals surface area (Å²) in [5.41, 5.74) is 0.755. The van der Waals surface area contributed by atoms with Crippen molar-refractivity contribution in [2.24, 2.45) is 0 Å². The smallest absolute Gasteiger partial charge is 0.872 e. The maximum absolute atomic E-state index is 12.1. The van der Waals surface area contributed by atoms with Crippen LogP contribution in [0.4, 0.5) is 0 Å². The molecule has 2 rings (SSSR count). The van der Waals surface area contributed by atoms with Gasteiger partial charge in [-0.3, -0.25) is 4.55 Å². The number of hydrogen-bond acceptors (Lipinski definition) is 4. The summed E-state index contributed by atoms with van der Waals surface area (Å²) in [6.45, 7) is 2.14. The molecule has 0 atom stereocenters. The number of ether oxygens (including phenoxy) is 1. The van der Waals surface area contributed by atoms with Gasteiger partial charge in [0.05, 0.1) is 4.90 Å². The Labute approximate surface area is 171 Å². The van der Waals surface area contributed by atoms with Crippen LogP contribution in [0.2, 0.25) is 0 Å². The minimum atomic E-state index is -4.29. The molecule has 5 nitrogen and oxygen atoms in total. The van der Waals surface area contributed by atoms with E-state index >= 15 is 0 Å². The van der Waals surface area contributed by atoms with Crippen molar-refractivity contribution in [3.8, 4) is 17.2 Å². The maximum atomic E-state index is 12.1. The van der Waals surface area contributed by atoms with E-state index in [0.29, 0.717) is 5.75 Å². The fourth-order valence-electron chi connectivity index (χ4n) is 2.38. The number of hydrogen-bond donors (Lipinski definition) is 1. The first-order valence-corrected chi connectivity index (χ1v) is 9.39. The van der Waals surface area contributed by atoms with Gasteiger partial charge >= 0.3 is 29.6 Å². The molecule has 0 saturated heterocycles. The molecule has 25 heavy (non-hydrogen) atoms. The number of benzene rings is 2. The zero-order chi connectivity index (χ0) is 17.6. The molecule has 0 bridgehead atoms. The van der Waals surface area contributed by atoms with Gasteiger partial charge in [-0.2, -0.15) is 8.42 Å². The van der Waals surface area contributed by atoms with E-state index in [-0.39, 0.29) is 46.0 Å². The molecule has 0 spiro atoms. The van der Waals surface area contributed by atoms with E-state index in [1.165, 1.54) is 30.7 Å². The molecule has 0 aromatic heterocycles. The standard InChI is InChI=1S/C18H22O5S.Na/c1-2-3-4-5-7-14-10-11-16(13-18(14)19)23-15-8-6-9-17(12-15)24(20,21)22;/h6,8-13,19H,2-5,7H2,1H3,(H,20,21,22);/q;+1/p-1. The topological polar surface area (TPSA) is 86.7 Å². The van der Waals surface area contributed by atoms with Gasteiger partial charge in [-0.15, -0.1) is 5.75 Å². The maximum Gasteiger partial charge on any atom is 1.00 e. The van der Waals surface area contributed by atoms with Gasteiger partial charge in [-0.25, -0.2) is 0 Å². The number of aryl methyl sites for hydroxylation is 1. The second-order valence-corrected chi connectivity index (χ2v) is 7.05. The Morgan fingerprint density at radius 2 is 1.76 bits per heavy atom. The second kappa shape index (κ2) is 10.2. The predicted octanol–water partition coefficient (Wildman–Crippen LogP) is 0.926. The Morgan fingerprint density at radius 1 is 1.04 bits per heavy atom. The monoisotopic (exact) mass is 372 g/mol. The first kappa shape index (κ1) is 22.0. The van der Waals surface area contributed by atoms with Crippen molar-refractivity contribution < 1.29 is 52.4 Å². The van der Waals surface area contributed by atoms with Gasteiger partial charge in [-0.1, -0.05) is 43.9 Å². The third-order valence-corrected chi connectivity index (χ3v) is 4.53. The summed E-state index contributed by atoms with van der Waals surface area (Å²) in [5.74, 6) is 0.486. The predicted molar refractivity (Wildman–Crippen MR) is 90.1 cm³/mol. The van der Waals surface area contributed by atoms with E-state index < -0.39 is 10.1 Å². The van der Waals surface area contributed by atoms with Crippen molar-refractivity contribution in [3.63, 3.8) is 0 Å². The van der Waals surface area contributed by atoms with Gasteiger partial charge in [-0.05, 0) is 37.1 Å². The molecular weight excluding hydrogens is 351 g/mol. The summed E-state index contributed by atoms with van der Waals surface area (Å²) in [5, 5.41) is 12.1. The molecule has 0 aliphatic carbocycles. The molecule has 2 aromatic rings. The normalized spacial score (nSPS) is 11.0. The quantitative estimate of drug-likeness (QED) is 0.423. The van der Waals surface area contributed by atoms with Crippen LogP contribution in [0.1, 0.15) is 38.2 Å². The van der Waals surface area contributed by atoms with Crippen LogP contribution in [-0.4, -0.2) is 13.0 Å². The molecule has 1 N–H and O–H groups in total. The fourth-order valence-corrected chi connectivity index (χ4v) is 2.90. The van der Waals surface area contributed by atoms with E-state index in [2.05, 4.69) is 6.92 Å². The molecule has 0 aliphatic rings. The molecule has 0 fully saturated rings. The Balaban J connectivity index is 0.00000312. The SMILES string of the molecule is CCCCCCc1ccc(Oc2cccc(S(=O)(=O)O)c2)cc1[O-].[Na+]. The summed E-state index contributed by atoms with van der Waals surface area (Å²) < 4.78 is 36.8. The summed E-state index contributed by atoms with van der Waals surface area (Å²) in [6.07, 6.45) is 5.16. The third kappa shape index (κ3) is 6.99. The molecule has 0 saturated carbocycles. The van der Waals surface area contributed by atoms with Gasteiger partial charge in [0, 0.05) is 6.07 Å². The Hall–Kier alpha value is -1.05. The van der Waals surface area contributed by atoms with Crippen LogP contribution < -0.4 is 39.4 Å². The van der Waals surface area contributed by atoms with Gasteiger partial charge in [0.1, 0.15) is 11.5 Å². The van der Waals surface area contributed by atoms with Crippen LogP contribution in [0.3, 0.4) is 0 Å². The number of rotatable bonds is 8. The van der Waals surface area contributed by atoms with Crippen LogP contribution in [0, 0.1) is 0 Å². The molecule has 0 unspecified atom stereocenters. The summed E-state index contributed by atoms with van der Waals surface area (Å²) in [4.78, 5) is -0.255. The summed E-state index contributed by atoms with van der Waals surface area (Å²) in [6, 6.07) is 10.3. The molecule has 0 aliphatic heterocycles.